The zero-order chi connectivity index (χ0) is 20.8. The summed E-state index contributed by atoms with van der Waals surface area (Å²) in [7, 11) is 1.66. The Balaban J connectivity index is 1.59. The number of ether oxygens (including phenoxy) is 2. The number of methoxy groups -OCH3 is 1. The van der Waals surface area contributed by atoms with Gasteiger partial charge in [-0.25, -0.2) is 0 Å². The van der Waals surface area contributed by atoms with Gasteiger partial charge in [0.25, 0.3) is 5.91 Å². The van der Waals surface area contributed by atoms with Crippen molar-refractivity contribution in [2.24, 2.45) is 0 Å². The van der Waals surface area contributed by atoms with Crippen molar-refractivity contribution < 1.29 is 14.3 Å². The zero-order valence-corrected chi connectivity index (χ0v) is 18.1. The highest BCUT2D eigenvalue weighted by atomic mass is 35.5. The van der Waals surface area contributed by atoms with Gasteiger partial charge in [-0.2, -0.15) is 0 Å². The standard InChI is InChI=1S/C23H29ClN2O3/c1-16-12-20(13-17(2)23(16)24)29-15-22(27)25-14-21(26-10-4-5-11-26)18-6-8-19(28-3)9-7-18/h6-9,12-13,21H,4-5,10-11,14-15H2,1-3H3,(H,25,27). The molecule has 0 saturated carbocycles. The van der Waals surface area contributed by atoms with Crippen molar-refractivity contribution in [1.29, 1.82) is 0 Å². The first-order chi connectivity index (χ1) is 14.0. The summed E-state index contributed by atoms with van der Waals surface area (Å²) < 4.78 is 10.9. The quantitative estimate of drug-likeness (QED) is 0.697. The first-order valence-corrected chi connectivity index (χ1v) is 10.4. The number of hydrogen-bond donors (Lipinski definition) is 1. The fourth-order valence-corrected chi connectivity index (χ4v) is 3.85. The van der Waals surface area contributed by atoms with Crippen LogP contribution in [-0.2, 0) is 4.79 Å². The molecule has 0 bridgehead atoms. The summed E-state index contributed by atoms with van der Waals surface area (Å²) in [6.07, 6.45) is 2.39. The predicted molar refractivity (Wildman–Crippen MR) is 116 cm³/mol. The number of carbonyl (C=O) groups is 1. The first-order valence-electron chi connectivity index (χ1n) is 10.0. The summed E-state index contributed by atoms with van der Waals surface area (Å²) in [4.78, 5) is 14.8. The predicted octanol–water partition coefficient (Wildman–Crippen LogP) is 4.30. The molecule has 0 aromatic heterocycles. The highest BCUT2D eigenvalue weighted by molar-refractivity contribution is 6.32. The third-order valence-electron chi connectivity index (χ3n) is 5.35. The van der Waals surface area contributed by atoms with E-state index in [0.29, 0.717) is 12.3 Å². The number of benzene rings is 2. The van der Waals surface area contributed by atoms with Gasteiger partial charge < -0.3 is 14.8 Å². The van der Waals surface area contributed by atoms with Crippen LogP contribution >= 0.6 is 11.6 Å². The second kappa shape index (κ2) is 9.99. The van der Waals surface area contributed by atoms with Gasteiger partial charge in [-0.15, -0.1) is 0 Å². The second-order valence-electron chi connectivity index (χ2n) is 7.50. The van der Waals surface area contributed by atoms with Crippen LogP contribution in [0.25, 0.3) is 0 Å². The van der Waals surface area contributed by atoms with Crippen molar-refractivity contribution in [2.45, 2.75) is 32.7 Å². The fourth-order valence-electron chi connectivity index (χ4n) is 3.74. The first kappa shape index (κ1) is 21.5. The van der Waals surface area contributed by atoms with Gasteiger partial charge in [0.1, 0.15) is 11.5 Å². The second-order valence-corrected chi connectivity index (χ2v) is 7.87. The molecular formula is C23H29ClN2O3. The number of carbonyl (C=O) groups excluding carboxylic acids is 1. The van der Waals surface area contributed by atoms with E-state index in [1.165, 1.54) is 18.4 Å². The molecule has 1 aliphatic rings. The molecule has 0 spiro atoms. The molecule has 0 radical (unpaired) electrons. The third-order valence-corrected chi connectivity index (χ3v) is 5.95. The normalized spacial score (nSPS) is 15.2. The number of hydrogen-bond acceptors (Lipinski definition) is 4. The number of aryl methyl sites for hydroxylation is 2. The number of nitrogens with one attached hydrogen (secondary N) is 1. The molecule has 2 aromatic rings. The van der Waals surface area contributed by atoms with Crippen LogP contribution in [0.3, 0.4) is 0 Å². The summed E-state index contributed by atoms with van der Waals surface area (Å²) in [6.45, 7) is 6.48. The molecule has 1 atom stereocenters. The number of likely N-dealkylation sites (tertiary alicyclic amines) is 1. The van der Waals surface area contributed by atoms with Gasteiger partial charge in [0.05, 0.1) is 13.2 Å². The molecule has 5 nitrogen and oxygen atoms in total. The van der Waals surface area contributed by atoms with Gasteiger partial charge in [-0.1, -0.05) is 23.7 Å². The molecule has 1 aliphatic heterocycles. The molecule has 3 rings (SSSR count). The van der Waals surface area contributed by atoms with Crippen LogP contribution in [0.5, 0.6) is 11.5 Å². The molecule has 1 heterocycles. The lowest BCUT2D eigenvalue weighted by Gasteiger charge is -2.28. The minimum Gasteiger partial charge on any atom is -0.497 e. The van der Waals surface area contributed by atoms with Gasteiger partial charge in [0, 0.05) is 11.6 Å². The molecule has 1 amide bonds. The van der Waals surface area contributed by atoms with Gasteiger partial charge in [-0.3, -0.25) is 9.69 Å². The molecule has 1 fully saturated rings. The lowest BCUT2D eigenvalue weighted by molar-refractivity contribution is -0.123. The highest BCUT2D eigenvalue weighted by Gasteiger charge is 2.24. The minimum absolute atomic E-state index is 0.0180. The van der Waals surface area contributed by atoms with E-state index < -0.39 is 0 Å². The van der Waals surface area contributed by atoms with Crippen LogP contribution in [0.1, 0.15) is 35.6 Å². The Morgan fingerprint density at radius 1 is 1.10 bits per heavy atom. The van der Waals surface area contributed by atoms with Crippen LogP contribution in [0.15, 0.2) is 36.4 Å². The number of rotatable bonds is 8. The van der Waals surface area contributed by atoms with E-state index in [4.69, 9.17) is 21.1 Å². The summed E-state index contributed by atoms with van der Waals surface area (Å²) in [5.74, 6) is 1.36. The number of nitrogens with zero attached hydrogens (tertiary/aromatic N) is 1. The summed E-state index contributed by atoms with van der Waals surface area (Å²) in [5, 5.41) is 3.77. The van der Waals surface area contributed by atoms with E-state index in [1.807, 2.05) is 38.1 Å². The Labute approximate surface area is 177 Å². The average Bonchev–Trinajstić information content (AvgIpc) is 3.25. The van der Waals surface area contributed by atoms with Crippen molar-refractivity contribution in [2.75, 3.05) is 33.4 Å². The van der Waals surface area contributed by atoms with Gasteiger partial charge in [0.15, 0.2) is 6.61 Å². The van der Waals surface area contributed by atoms with Crippen molar-refractivity contribution in [3.05, 3.63) is 58.1 Å². The van der Waals surface area contributed by atoms with E-state index in [-0.39, 0.29) is 18.6 Å². The Morgan fingerprint density at radius 2 is 1.72 bits per heavy atom. The van der Waals surface area contributed by atoms with Crippen LogP contribution in [-0.4, -0.2) is 44.2 Å². The smallest absolute Gasteiger partial charge is 0.258 e. The van der Waals surface area contributed by atoms with Crippen LogP contribution in [0.2, 0.25) is 5.02 Å². The minimum atomic E-state index is -0.132. The molecule has 6 heteroatoms. The summed E-state index contributed by atoms with van der Waals surface area (Å²) >= 11 is 6.19. The lowest BCUT2D eigenvalue weighted by atomic mass is 10.1. The molecule has 2 aromatic carbocycles. The molecule has 0 aliphatic carbocycles. The molecule has 1 unspecified atom stereocenters. The molecule has 1 N–H and O–H groups in total. The van der Waals surface area contributed by atoms with Crippen LogP contribution in [0, 0.1) is 13.8 Å². The van der Waals surface area contributed by atoms with Gasteiger partial charge in [0.2, 0.25) is 0 Å². The molecule has 29 heavy (non-hydrogen) atoms. The summed E-state index contributed by atoms with van der Waals surface area (Å²) in [6, 6.07) is 11.9. The SMILES string of the molecule is COc1ccc(C(CNC(=O)COc2cc(C)c(Cl)c(C)c2)N2CCCC2)cc1. The maximum Gasteiger partial charge on any atom is 0.258 e. The topological polar surface area (TPSA) is 50.8 Å². The van der Waals surface area contributed by atoms with Crippen LogP contribution < -0.4 is 14.8 Å². The largest absolute Gasteiger partial charge is 0.497 e. The van der Waals surface area contributed by atoms with E-state index in [1.54, 1.807) is 7.11 Å². The van der Waals surface area contributed by atoms with E-state index in [9.17, 15) is 4.79 Å². The van der Waals surface area contributed by atoms with E-state index in [0.717, 1.165) is 35.0 Å². The van der Waals surface area contributed by atoms with Crippen molar-refractivity contribution in [3.63, 3.8) is 0 Å². The number of halogens is 1. The van der Waals surface area contributed by atoms with Gasteiger partial charge in [-0.05, 0) is 80.7 Å². The van der Waals surface area contributed by atoms with Crippen LogP contribution in [0.4, 0.5) is 0 Å². The molecule has 1 saturated heterocycles. The van der Waals surface area contributed by atoms with Crippen molar-refractivity contribution in [3.8, 4) is 11.5 Å². The third kappa shape index (κ3) is 5.64. The monoisotopic (exact) mass is 416 g/mol. The Kier molecular flexibility index (Phi) is 7.40. The maximum absolute atomic E-state index is 12.4. The van der Waals surface area contributed by atoms with Crippen molar-refractivity contribution in [1.82, 2.24) is 10.2 Å². The zero-order valence-electron chi connectivity index (χ0n) is 17.3. The number of amides is 1. The van der Waals surface area contributed by atoms with E-state index in [2.05, 4.69) is 22.3 Å². The Bertz CT molecular complexity index is 810. The highest BCUT2D eigenvalue weighted by Crippen LogP contribution is 2.27. The maximum atomic E-state index is 12.4. The Morgan fingerprint density at radius 3 is 2.31 bits per heavy atom. The van der Waals surface area contributed by atoms with Crippen molar-refractivity contribution >= 4 is 17.5 Å². The summed E-state index contributed by atoms with van der Waals surface area (Å²) in [5.41, 5.74) is 3.06. The molecule has 156 valence electrons. The lowest BCUT2D eigenvalue weighted by Crippen LogP contribution is -2.38. The average molecular weight is 417 g/mol. The van der Waals surface area contributed by atoms with Gasteiger partial charge >= 0.3 is 0 Å². The fraction of sp³-hybridized carbons (Fsp3) is 0.435. The molecular weight excluding hydrogens is 388 g/mol. The Hall–Kier alpha value is -2.24. The van der Waals surface area contributed by atoms with E-state index >= 15 is 0 Å².